The third kappa shape index (κ3) is 3.60. The van der Waals surface area contributed by atoms with Crippen LogP contribution < -0.4 is 11.3 Å². The number of benzene rings is 1. The molecule has 1 aliphatic heterocycles. The molecule has 1 fully saturated rings. The van der Waals surface area contributed by atoms with Gasteiger partial charge in [-0.05, 0) is 54.2 Å². The number of fused-ring (bicyclic) bond motifs is 3. The normalized spacial score (nSPS) is 23.7. The minimum absolute atomic E-state index is 0.0659. The minimum Gasteiger partial charge on any atom is -0.365 e. The van der Waals surface area contributed by atoms with E-state index in [0.29, 0.717) is 49.9 Å². The molecule has 2 N–H and O–H groups in total. The fourth-order valence-corrected chi connectivity index (χ4v) is 5.51. The van der Waals surface area contributed by atoms with Gasteiger partial charge in [-0.3, -0.25) is 14.4 Å². The second-order valence-electron chi connectivity index (χ2n) is 9.00. The highest BCUT2D eigenvalue weighted by Gasteiger charge is 2.42. The molecule has 0 saturated heterocycles. The van der Waals surface area contributed by atoms with Crippen molar-refractivity contribution < 1.29 is 9.59 Å². The molecule has 160 valence electrons. The Kier molecular flexibility index (Phi) is 5.00. The number of pyridine rings is 1. The number of hydrogen-bond donors (Lipinski definition) is 1. The topological polar surface area (TPSA) is 85.4 Å². The summed E-state index contributed by atoms with van der Waals surface area (Å²) in [5, 5.41) is 0. The van der Waals surface area contributed by atoms with Gasteiger partial charge in [-0.25, -0.2) is 0 Å². The third-order valence-electron chi connectivity index (χ3n) is 7.11. The van der Waals surface area contributed by atoms with Gasteiger partial charge in [0.1, 0.15) is 5.56 Å². The minimum atomic E-state index is -0.687. The van der Waals surface area contributed by atoms with E-state index < -0.39 is 5.91 Å². The Morgan fingerprint density at radius 1 is 1.10 bits per heavy atom. The van der Waals surface area contributed by atoms with E-state index in [1.54, 1.807) is 4.57 Å². The van der Waals surface area contributed by atoms with Gasteiger partial charge in [0.2, 0.25) is 5.91 Å². The van der Waals surface area contributed by atoms with Crippen molar-refractivity contribution in [3.8, 4) is 0 Å². The molecule has 6 heteroatoms. The van der Waals surface area contributed by atoms with Crippen LogP contribution in [0.15, 0.2) is 53.5 Å². The van der Waals surface area contributed by atoms with Crippen molar-refractivity contribution in [1.29, 1.82) is 0 Å². The first kappa shape index (κ1) is 19.8. The lowest BCUT2D eigenvalue weighted by molar-refractivity contribution is -0.137. The number of nitrogens with zero attached hydrogens (tertiary/aromatic N) is 2. The number of rotatable bonds is 5. The van der Waals surface area contributed by atoms with E-state index in [2.05, 4.69) is 12.2 Å². The van der Waals surface area contributed by atoms with Crippen LogP contribution in [0.2, 0.25) is 0 Å². The number of carbonyl (C=O) groups is 2. The summed E-state index contributed by atoms with van der Waals surface area (Å²) in [6.45, 7) is 1.41. The van der Waals surface area contributed by atoms with Gasteiger partial charge in [0.05, 0.1) is 0 Å². The van der Waals surface area contributed by atoms with E-state index in [1.807, 2.05) is 41.4 Å². The van der Waals surface area contributed by atoms with Crippen molar-refractivity contribution in [3.05, 3.63) is 81.3 Å². The molecule has 0 unspecified atom stereocenters. The van der Waals surface area contributed by atoms with Crippen molar-refractivity contribution in [2.24, 2.45) is 23.5 Å². The van der Waals surface area contributed by atoms with E-state index in [4.69, 9.17) is 5.73 Å². The summed E-state index contributed by atoms with van der Waals surface area (Å²) in [6, 6.07) is 9.92. The van der Waals surface area contributed by atoms with Crippen LogP contribution in [0, 0.1) is 17.8 Å². The Morgan fingerprint density at radius 3 is 2.58 bits per heavy atom. The fourth-order valence-electron chi connectivity index (χ4n) is 5.51. The van der Waals surface area contributed by atoms with Gasteiger partial charge in [0, 0.05) is 31.7 Å². The van der Waals surface area contributed by atoms with Crippen LogP contribution in [0.5, 0.6) is 0 Å². The van der Waals surface area contributed by atoms with Gasteiger partial charge in [-0.15, -0.1) is 0 Å². The van der Waals surface area contributed by atoms with Crippen molar-refractivity contribution in [2.45, 2.75) is 38.8 Å². The van der Waals surface area contributed by atoms with Crippen LogP contribution in [0.3, 0.4) is 0 Å². The van der Waals surface area contributed by atoms with Crippen LogP contribution >= 0.6 is 0 Å². The number of carbonyl (C=O) groups excluding carboxylic acids is 2. The largest absolute Gasteiger partial charge is 0.365 e. The number of primary amides is 1. The van der Waals surface area contributed by atoms with Gasteiger partial charge in [-0.1, -0.05) is 42.5 Å². The quantitative estimate of drug-likeness (QED) is 0.758. The monoisotopic (exact) mass is 417 g/mol. The number of aryl methyl sites for hydroxylation is 2. The van der Waals surface area contributed by atoms with Gasteiger partial charge < -0.3 is 15.2 Å². The maximum absolute atomic E-state index is 13.2. The molecule has 3 aliphatic rings. The summed E-state index contributed by atoms with van der Waals surface area (Å²) in [4.78, 5) is 40.3. The van der Waals surface area contributed by atoms with Gasteiger partial charge in [0.15, 0.2) is 0 Å². The highest BCUT2D eigenvalue weighted by atomic mass is 16.2. The first-order valence-corrected chi connectivity index (χ1v) is 11.1. The number of allylic oxidation sites excluding steroid dienone is 2. The van der Waals surface area contributed by atoms with Crippen LogP contribution in [-0.4, -0.2) is 27.8 Å². The van der Waals surface area contributed by atoms with Crippen molar-refractivity contribution in [1.82, 2.24) is 9.47 Å². The Hall–Kier alpha value is -3.15. The molecule has 2 aliphatic carbocycles. The summed E-state index contributed by atoms with van der Waals surface area (Å²) in [7, 11) is 0. The SMILES string of the molecule is NC(=O)c1c2c(cn(CCc3ccccc3)c1=O)CN(C(=O)[C@H]1C[C@@H]3C=C[C@H]1C3)CC2. The fraction of sp³-hybridized carbons (Fsp3) is 0.400. The Labute approximate surface area is 181 Å². The zero-order valence-electron chi connectivity index (χ0n) is 17.5. The summed E-state index contributed by atoms with van der Waals surface area (Å²) in [5.41, 5.74) is 8.05. The lowest BCUT2D eigenvalue weighted by Gasteiger charge is -2.33. The van der Waals surface area contributed by atoms with Gasteiger partial charge in [0.25, 0.3) is 11.5 Å². The summed E-state index contributed by atoms with van der Waals surface area (Å²) >= 11 is 0. The first-order valence-electron chi connectivity index (χ1n) is 11.1. The molecule has 1 aromatic carbocycles. The zero-order valence-corrected chi connectivity index (χ0v) is 17.5. The third-order valence-corrected chi connectivity index (χ3v) is 7.11. The molecule has 2 amide bonds. The Bertz CT molecular complexity index is 1120. The average molecular weight is 418 g/mol. The van der Waals surface area contributed by atoms with Crippen molar-refractivity contribution in [3.63, 3.8) is 0 Å². The molecule has 5 rings (SSSR count). The maximum atomic E-state index is 13.2. The molecule has 0 spiro atoms. The van der Waals surface area contributed by atoms with Crippen LogP contribution in [0.4, 0.5) is 0 Å². The van der Waals surface area contributed by atoms with E-state index in [1.165, 1.54) is 0 Å². The van der Waals surface area contributed by atoms with Crippen molar-refractivity contribution in [2.75, 3.05) is 6.54 Å². The smallest absolute Gasteiger partial charge is 0.263 e. The summed E-state index contributed by atoms with van der Waals surface area (Å²) < 4.78 is 1.58. The lowest BCUT2D eigenvalue weighted by atomic mass is 9.90. The number of amides is 2. The Morgan fingerprint density at radius 2 is 1.90 bits per heavy atom. The average Bonchev–Trinajstić information content (AvgIpc) is 3.41. The highest BCUT2D eigenvalue weighted by Crippen LogP contribution is 2.44. The van der Waals surface area contributed by atoms with E-state index in [-0.39, 0.29) is 22.9 Å². The molecule has 2 heterocycles. The molecular formula is C25H27N3O3. The number of hydrogen-bond acceptors (Lipinski definition) is 3. The number of nitrogens with two attached hydrogens (primary N) is 1. The standard InChI is InChI=1S/C25H27N3O3/c26-23(29)22-20-9-11-27(24(30)21-13-17-6-7-18(21)12-17)14-19(20)15-28(25(22)31)10-8-16-4-2-1-3-5-16/h1-7,15,17-18,21H,8-14H2,(H2,26,29)/t17-,18+,21+/m1/s1. The number of aromatic nitrogens is 1. The zero-order chi connectivity index (χ0) is 21.5. The molecule has 2 aromatic rings. The molecule has 0 radical (unpaired) electrons. The van der Waals surface area contributed by atoms with E-state index in [0.717, 1.165) is 24.0 Å². The molecule has 2 bridgehead atoms. The van der Waals surface area contributed by atoms with Crippen LogP contribution in [-0.2, 0) is 30.7 Å². The van der Waals surface area contributed by atoms with E-state index >= 15 is 0 Å². The summed E-state index contributed by atoms with van der Waals surface area (Å²) in [6.07, 6.45) is 9.46. The predicted octanol–water partition coefficient (Wildman–Crippen LogP) is 2.29. The molecule has 3 atom stereocenters. The maximum Gasteiger partial charge on any atom is 0.263 e. The molecule has 6 nitrogen and oxygen atoms in total. The van der Waals surface area contributed by atoms with E-state index in [9.17, 15) is 14.4 Å². The molecule has 31 heavy (non-hydrogen) atoms. The lowest BCUT2D eigenvalue weighted by Crippen LogP contribution is -2.43. The predicted molar refractivity (Wildman–Crippen MR) is 117 cm³/mol. The van der Waals surface area contributed by atoms with Crippen molar-refractivity contribution >= 4 is 11.8 Å². The highest BCUT2D eigenvalue weighted by molar-refractivity contribution is 5.94. The first-order chi connectivity index (χ1) is 15.0. The van der Waals surface area contributed by atoms with Gasteiger partial charge >= 0.3 is 0 Å². The van der Waals surface area contributed by atoms with Gasteiger partial charge in [-0.2, -0.15) is 0 Å². The summed E-state index contributed by atoms with van der Waals surface area (Å²) in [5.74, 6) is 0.482. The second-order valence-corrected chi connectivity index (χ2v) is 9.00. The molecule has 1 saturated carbocycles. The van der Waals surface area contributed by atoms with Crippen LogP contribution in [0.1, 0.15) is 39.9 Å². The van der Waals surface area contributed by atoms with Crippen LogP contribution in [0.25, 0.3) is 0 Å². The molecular weight excluding hydrogens is 390 g/mol. The molecule has 1 aromatic heterocycles. The Balaban J connectivity index is 1.41. The second kappa shape index (κ2) is 7.84.